The van der Waals surface area contributed by atoms with Crippen LogP contribution in [0.2, 0.25) is 0 Å². The highest BCUT2D eigenvalue weighted by molar-refractivity contribution is 8.00. The molecule has 0 aliphatic carbocycles. The zero-order valence-corrected chi connectivity index (χ0v) is 13.6. The monoisotopic (exact) mass is 318 g/mol. The van der Waals surface area contributed by atoms with E-state index >= 15 is 0 Å². The minimum Gasteiger partial charge on any atom is -0.325 e. The fraction of sp³-hybridized carbons (Fsp3) is 0.333. The molecule has 1 atom stereocenters. The summed E-state index contributed by atoms with van der Waals surface area (Å²) in [5.74, 6) is -0.119. The number of carbonyl (C=O) groups excluding carboxylic acids is 2. The van der Waals surface area contributed by atoms with Gasteiger partial charge in [0.15, 0.2) is 10.9 Å². The first-order valence-corrected chi connectivity index (χ1v) is 7.85. The van der Waals surface area contributed by atoms with Gasteiger partial charge >= 0.3 is 0 Å². The van der Waals surface area contributed by atoms with Gasteiger partial charge in [-0.05, 0) is 45.0 Å². The van der Waals surface area contributed by atoms with Crippen LogP contribution < -0.4 is 5.32 Å². The van der Waals surface area contributed by atoms with Gasteiger partial charge in [0.2, 0.25) is 5.91 Å². The maximum atomic E-state index is 12.2. The van der Waals surface area contributed by atoms with Crippen LogP contribution in [0, 0.1) is 0 Å². The number of rotatable bonds is 6. The van der Waals surface area contributed by atoms with Crippen molar-refractivity contribution >= 4 is 29.1 Å². The molecule has 0 saturated carbocycles. The maximum absolute atomic E-state index is 12.2. The third-order valence-electron chi connectivity index (χ3n) is 3.13. The molecule has 116 valence electrons. The van der Waals surface area contributed by atoms with Gasteiger partial charge in [-0.1, -0.05) is 11.8 Å². The first-order valence-electron chi connectivity index (χ1n) is 6.97. The molecule has 0 aliphatic heterocycles. The number of thioether (sulfide) groups is 1. The Labute approximate surface area is 133 Å². The summed E-state index contributed by atoms with van der Waals surface area (Å²) in [6.07, 6.45) is 1.65. The highest BCUT2D eigenvalue weighted by Crippen LogP contribution is 2.22. The molecule has 0 saturated heterocycles. The molecule has 22 heavy (non-hydrogen) atoms. The fourth-order valence-electron chi connectivity index (χ4n) is 1.80. The standard InChI is InChI=1S/C15H18N4O2S/c1-4-19-9-16-18-15(19)22-11(3)14(21)17-13-7-5-12(6-8-13)10(2)20/h5-9,11H,4H2,1-3H3,(H,17,21)/t11-/m0/s1. The Morgan fingerprint density at radius 1 is 1.32 bits per heavy atom. The number of amides is 1. The highest BCUT2D eigenvalue weighted by Gasteiger charge is 2.17. The van der Waals surface area contributed by atoms with E-state index in [2.05, 4.69) is 15.5 Å². The summed E-state index contributed by atoms with van der Waals surface area (Å²) >= 11 is 1.36. The second-order valence-corrected chi connectivity index (χ2v) is 6.09. The topological polar surface area (TPSA) is 76.9 Å². The summed E-state index contributed by atoms with van der Waals surface area (Å²) < 4.78 is 1.89. The molecular weight excluding hydrogens is 300 g/mol. The van der Waals surface area contributed by atoms with Crippen LogP contribution in [-0.4, -0.2) is 31.7 Å². The Hall–Kier alpha value is -2.15. The number of anilines is 1. The molecule has 0 bridgehead atoms. The van der Waals surface area contributed by atoms with Crippen LogP contribution in [0.25, 0.3) is 0 Å². The van der Waals surface area contributed by atoms with Crippen molar-refractivity contribution in [1.82, 2.24) is 14.8 Å². The van der Waals surface area contributed by atoms with Gasteiger partial charge in [-0.15, -0.1) is 10.2 Å². The van der Waals surface area contributed by atoms with Crippen LogP contribution in [0.15, 0.2) is 35.7 Å². The van der Waals surface area contributed by atoms with Crippen molar-refractivity contribution in [3.8, 4) is 0 Å². The molecular formula is C15H18N4O2S. The lowest BCUT2D eigenvalue weighted by Crippen LogP contribution is -2.22. The van der Waals surface area contributed by atoms with E-state index in [1.807, 2.05) is 18.4 Å². The van der Waals surface area contributed by atoms with Crippen molar-refractivity contribution in [2.75, 3.05) is 5.32 Å². The summed E-state index contributed by atoms with van der Waals surface area (Å²) in [5.41, 5.74) is 1.29. The zero-order chi connectivity index (χ0) is 16.1. The number of Topliss-reactive ketones (excluding diaryl/α,β-unsaturated/α-hetero) is 1. The third kappa shape index (κ3) is 3.94. The first-order chi connectivity index (χ1) is 10.5. The molecule has 1 N–H and O–H groups in total. The van der Waals surface area contributed by atoms with E-state index in [-0.39, 0.29) is 16.9 Å². The molecule has 0 aliphatic rings. The molecule has 6 nitrogen and oxygen atoms in total. The number of nitrogens with zero attached hydrogens (tertiary/aromatic N) is 3. The molecule has 2 aromatic rings. The van der Waals surface area contributed by atoms with Crippen molar-refractivity contribution in [1.29, 1.82) is 0 Å². The normalized spacial score (nSPS) is 12.0. The van der Waals surface area contributed by atoms with Gasteiger partial charge in [-0.25, -0.2) is 0 Å². The quantitative estimate of drug-likeness (QED) is 0.654. The van der Waals surface area contributed by atoms with Crippen molar-refractivity contribution in [3.05, 3.63) is 36.2 Å². The van der Waals surface area contributed by atoms with E-state index in [9.17, 15) is 9.59 Å². The Balaban J connectivity index is 1.97. The van der Waals surface area contributed by atoms with E-state index < -0.39 is 0 Å². The SMILES string of the molecule is CCn1cnnc1S[C@@H](C)C(=O)Nc1ccc(C(C)=O)cc1. The number of aryl methyl sites for hydroxylation is 1. The van der Waals surface area contributed by atoms with Crippen LogP contribution in [-0.2, 0) is 11.3 Å². The van der Waals surface area contributed by atoms with E-state index in [0.29, 0.717) is 11.3 Å². The van der Waals surface area contributed by atoms with Gasteiger partial charge in [0, 0.05) is 17.8 Å². The second-order valence-electron chi connectivity index (χ2n) is 4.78. The number of ketones is 1. The van der Waals surface area contributed by atoms with Gasteiger partial charge in [0.1, 0.15) is 6.33 Å². The average molecular weight is 318 g/mol. The van der Waals surface area contributed by atoms with Crippen LogP contribution in [0.1, 0.15) is 31.1 Å². The lowest BCUT2D eigenvalue weighted by atomic mass is 10.1. The first kappa shape index (κ1) is 16.2. The van der Waals surface area contributed by atoms with Gasteiger partial charge in [0.05, 0.1) is 5.25 Å². The van der Waals surface area contributed by atoms with Gasteiger partial charge in [0.25, 0.3) is 0 Å². The van der Waals surface area contributed by atoms with Crippen LogP contribution in [0.5, 0.6) is 0 Å². The minimum absolute atomic E-state index is 0.000650. The van der Waals surface area contributed by atoms with Gasteiger partial charge < -0.3 is 9.88 Å². The summed E-state index contributed by atoms with van der Waals surface area (Å²) in [5, 5.41) is 11.1. The van der Waals surface area contributed by atoms with Crippen LogP contribution >= 0.6 is 11.8 Å². The Morgan fingerprint density at radius 2 is 2.00 bits per heavy atom. The molecule has 0 radical (unpaired) electrons. The second kappa shape index (κ2) is 7.22. The summed E-state index contributed by atoms with van der Waals surface area (Å²) in [6, 6.07) is 6.84. The van der Waals surface area contributed by atoms with E-state index in [4.69, 9.17) is 0 Å². The Kier molecular flexibility index (Phi) is 5.32. The molecule has 0 unspecified atom stereocenters. The van der Waals surface area contributed by atoms with Crippen LogP contribution in [0.4, 0.5) is 5.69 Å². The molecule has 1 heterocycles. The van der Waals surface area contributed by atoms with Gasteiger partial charge in [-0.2, -0.15) is 0 Å². The molecule has 7 heteroatoms. The van der Waals surface area contributed by atoms with Crippen molar-refractivity contribution in [2.45, 2.75) is 37.7 Å². The molecule has 1 aromatic carbocycles. The highest BCUT2D eigenvalue weighted by atomic mass is 32.2. The zero-order valence-electron chi connectivity index (χ0n) is 12.7. The number of hydrogen-bond donors (Lipinski definition) is 1. The van der Waals surface area contributed by atoms with Crippen molar-refractivity contribution in [3.63, 3.8) is 0 Å². The smallest absolute Gasteiger partial charge is 0.237 e. The number of nitrogens with one attached hydrogen (secondary N) is 1. The Bertz CT molecular complexity index is 666. The summed E-state index contributed by atoms with van der Waals surface area (Å²) in [4.78, 5) is 23.4. The third-order valence-corrected chi connectivity index (χ3v) is 4.23. The number of aromatic nitrogens is 3. The summed E-state index contributed by atoms with van der Waals surface area (Å²) in [6.45, 7) is 6.08. The van der Waals surface area contributed by atoms with E-state index in [0.717, 1.165) is 11.7 Å². The molecule has 0 spiro atoms. The maximum Gasteiger partial charge on any atom is 0.237 e. The fourth-order valence-corrected chi connectivity index (χ4v) is 2.68. The number of carbonyl (C=O) groups is 2. The number of hydrogen-bond acceptors (Lipinski definition) is 5. The molecule has 1 amide bonds. The van der Waals surface area contributed by atoms with E-state index in [1.54, 1.807) is 30.6 Å². The molecule has 2 rings (SSSR count). The lowest BCUT2D eigenvalue weighted by molar-refractivity contribution is -0.115. The van der Waals surface area contributed by atoms with Gasteiger partial charge in [-0.3, -0.25) is 9.59 Å². The average Bonchev–Trinajstić information content (AvgIpc) is 2.94. The largest absolute Gasteiger partial charge is 0.325 e. The predicted molar refractivity (Wildman–Crippen MR) is 86.1 cm³/mol. The minimum atomic E-state index is -0.304. The number of benzene rings is 1. The molecule has 0 fully saturated rings. The van der Waals surface area contributed by atoms with Crippen molar-refractivity contribution in [2.24, 2.45) is 0 Å². The molecule has 1 aromatic heterocycles. The lowest BCUT2D eigenvalue weighted by Gasteiger charge is -2.12. The predicted octanol–water partition coefficient (Wildman–Crippen LogP) is 2.62. The van der Waals surface area contributed by atoms with Crippen molar-refractivity contribution < 1.29 is 9.59 Å². The Morgan fingerprint density at radius 3 is 2.59 bits per heavy atom. The van der Waals surface area contributed by atoms with E-state index in [1.165, 1.54) is 18.7 Å². The summed E-state index contributed by atoms with van der Waals surface area (Å²) in [7, 11) is 0. The van der Waals surface area contributed by atoms with Crippen LogP contribution in [0.3, 0.4) is 0 Å².